The van der Waals surface area contributed by atoms with Crippen LogP contribution in [0.25, 0.3) is 10.4 Å². The molecule has 0 saturated carbocycles. The molecule has 2 heterocycles. The Morgan fingerprint density at radius 1 is 1.57 bits per heavy atom. The number of aromatic nitrogens is 2. The van der Waals surface area contributed by atoms with Crippen molar-refractivity contribution >= 4 is 11.9 Å². The highest BCUT2D eigenvalue weighted by molar-refractivity contribution is 5.76. The summed E-state index contributed by atoms with van der Waals surface area (Å²) in [6.45, 7) is 1.23. The number of nitrogens with one attached hydrogen (secondary N) is 1. The van der Waals surface area contributed by atoms with Crippen molar-refractivity contribution in [1.82, 2.24) is 9.55 Å². The van der Waals surface area contributed by atoms with Gasteiger partial charge in [-0.3, -0.25) is 23.9 Å². The van der Waals surface area contributed by atoms with E-state index < -0.39 is 47.6 Å². The predicted molar refractivity (Wildman–Crippen MR) is 93.3 cm³/mol. The maximum absolute atomic E-state index is 12.0. The van der Waals surface area contributed by atoms with Crippen LogP contribution in [0.4, 0.5) is 0 Å². The van der Waals surface area contributed by atoms with E-state index in [-0.39, 0.29) is 25.9 Å². The molecule has 13 nitrogen and oxygen atoms in total. The molecule has 0 aromatic carbocycles. The van der Waals surface area contributed by atoms with Gasteiger partial charge in [-0.15, -0.1) is 0 Å². The van der Waals surface area contributed by atoms with Crippen LogP contribution in [-0.2, 0) is 19.1 Å². The molecule has 1 saturated heterocycles. The minimum Gasteiger partial charge on any atom is -0.481 e. The number of hydrogen-bond acceptors (Lipinski definition) is 8. The number of ether oxygens (including phenoxy) is 2. The Bertz CT molecular complexity index is 903. The van der Waals surface area contributed by atoms with Crippen molar-refractivity contribution in [3.8, 4) is 0 Å². The molecule has 2 rings (SSSR count). The standard InChI is InChI=1S/C15H20N6O7/c1-7-5-21(15(26)18-13(7)24)11-4-9(19-20-17)10(28-11)6-27-14(25)8(16)2-3-12(22)23/h5,8-11H,2-4,6,16H2,1H3,(H,22,23)(H,18,24,26)/t8?,9-,10+,11+/m0/s1. The number of carboxylic acid groups (broad SMARTS) is 1. The molecule has 4 atom stereocenters. The third kappa shape index (κ3) is 5.19. The number of carboxylic acids is 1. The summed E-state index contributed by atoms with van der Waals surface area (Å²) < 4.78 is 11.9. The van der Waals surface area contributed by atoms with Gasteiger partial charge in [0.2, 0.25) is 0 Å². The minimum absolute atomic E-state index is 0.0891. The SMILES string of the molecule is Cc1cn([C@H]2C[C@H](N=[N+]=[N-])[C@@H](COC(=O)C(N)CCC(=O)O)O2)c(=O)[nH]c1=O. The number of aromatic amines is 1. The van der Waals surface area contributed by atoms with E-state index in [0.717, 1.165) is 4.57 Å². The van der Waals surface area contributed by atoms with E-state index in [9.17, 15) is 19.2 Å². The fraction of sp³-hybridized carbons (Fsp3) is 0.600. The molecule has 1 aliphatic rings. The van der Waals surface area contributed by atoms with Crippen molar-refractivity contribution in [3.05, 3.63) is 43.0 Å². The first-order valence-electron chi connectivity index (χ1n) is 8.38. The van der Waals surface area contributed by atoms with Crippen LogP contribution in [0, 0.1) is 6.92 Å². The lowest BCUT2D eigenvalue weighted by atomic mass is 10.1. The third-order valence-electron chi connectivity index (χ3n) is 4.22. The number of H-pyrrole nitrogens is 1. The molecule has 1 unspecified atom stereocenters. The average Bonchev–Trinajstić information content (AvgIpc) is 3.03. The van der Waals surface area contributed by atoms with Gasteiger partial charge in [0.25, 0.3) is 5.56 Å². The fourth-order valence-electron chi connectivity index (χ4n) is 2.69. The number of rotatable bonds is 8. The van der Waals surface area contributed by atoms with Gasteiger partial charge in [-0.2, -0.15) is 0 Å². The molecule has 0 bridgehead atoms. The third-order valence-corrected chi connectivity index (χ3v) is 4.22. The number of nitrogens with two attached hydrogens (primary N) is 1. The highest BCUT2D eigenvalue weighted by atomic mass is 16.6. The predicted octanol–water partition coefficient (Wildman–Crippen LogP) is -0.453. The van der Waals surface area contributed by atoms with Crippen molar-refractivity contribution in [2.24, 2.45) is 10.8 Å². The molecule has 0 aliphatic carbocycles. The molecular formula is C15H20N6O7. The Kier molecular flexibility index (Phi) is 6.93. The van der Waals surface area contributed by atoms with E-state index in [1.165, 1.54) is 13.1 Å². The molecule has 13 heteroatoms. The van der Waals surface area contributed by atoms with Crippen LogP contribution in [0.2, 0.25) is 0 Å². The van der Waals surface area contributed by atoms with Gasteiger partial charge in [-0.25, -0.2) is 4.79 Å². The van der Waals surface area contributed by atoms with Crippen LogP contribution in [0.1, 0.15) is 31.1 Å². The highest BCUT2D eigenvalue weighted by Crippen LogP contribution is 2.30. The molecule has 1 fully saturated rings. The van der Waals surface area contributed by atoms with Gasteiger partial charge in [0.05, 0.1) is 6.04 Å². The second-order valence-corrected chi connectivity index (χ2v) is 6.28. The molecule has 1 aromatic rings. The van der Waals surface area contributed by atoms with Crippen molar-refractivity contribution < 1.29 is 24.2 Å². The quantitative estimate of drug-likeness (QED) is 0.226. The normalized spacial score (nSPS) is 22.3. The summed E-state index contributed by atoms with van der Waals surface area (Å²) in [5, 5.41) is 12.2. The van der Waals surface area contributed by atoms with Crippen LogP contribution in [0.5, 0.6) is 0 Å². The van der Waals surface area contributed by atoms with Crippen molar-refractivity contribution in [1.29, 1.82) is 0 Å². The first-order chi connectivity index (χ1) is 13.2. The van der Waals surface area contributed by atoms with E-state index in [1.54, 1.807) is 0 Å². The van der Waals surface area contributed by atoms with Crippen molar-refractivity contribution in [2.45, 2.75) is 50.6 Å². The van der Waals surface area contributed by atoms with Gasteiger partial charge >= 0.3 is 17.6 Å². The fourth-order valence-corrected chi connectivity index (χ4v) is 2.69. The van der Waals surface area contributed by atoms with Gasteiger partial charge < -0.3 is 20.3 Å². The molecule has 152 valence electrons. The molecule has 0 spiro atoms. The largest absolute Gasteiger partial charge is 0.481 e. The summed E-state index contributed by atoms with van der Waals surface area (Å²) in [6, 6.07) is -1.84. The van der Waals surface area contributed by atoms with Crippen LogP contribution < -0.4 is 17.0 Å². The Labute approximate surface area is 157 Å². The van der Waals surface area contributed by atoms with E-state index in [1.807, 2.05) is 0 Å². The van der Waals surface area contributed by atoms with E-state index >= 15 is 0 Å². The second-order valence-electron chi connectivity index (χ2n) is 6.28. The number of esters is 1. The Morgan fingerprint density at radius 2 is 2.29 bits per heavy atom. The maximum atomic E-state index is 12.0. The lowest BCUT2D eigenvalue weighted by Gasteiger charge is -2.18. The Morgan fingerprint density at radius 3 is 2.93 bits per heavy atom. The van der Waals surface area contributed by atoms with E-state index in [2.05, 4.69) is 15.0 Å². The summed E-state index contributed by atoms with van der Waals surface area (Å²) in [5.41, 5.74) is 13.4. The average molecular weight is 396 g/mol. The first kappa shape index (κ1) is 21.2. The Hall–Kier alpha value is -3.15. The lowest BCUT2D eigenvalue weighted by molar-refractivity contribution is -0.150. The summed E-state index contributed by atoms with van der Waals surface area (Å²) in [5.74, 6) is -1.90. The summed E-state index contributed by atoms with van der Waals surface area (Å²) >= 11 is 0. The van der Waals surface area contributed by atoms with Gasteiger partial charge in [-0.05, 0) is 18.9 Å². The first-order valence-corrected chi connectivity index (χ1v) is 8.38. The molecule has 4 N–H and O–H groups in total. The number of carbonyl (C=O) groups is 2. The number of carbonyl (C=O) groups excluding carboxylic acids is 1. The number of aryl methyl sites for hydroxylation is 1. The van der Waals surface area contributed by atoms with Gasteiger partial charge in [0, 0.05) is 29.5 Å². The van der Waals surface area contributed by atoms with Crippen LogP contribution in [0.15, 0.2) is 20.9 Å². The van der Waals surface area contributed by atoms with Crippen LogP contribution >= 0.6 is 0 Å². The van der Waals surface area contributed by atoms with E-state index in [0.29, 0.717) is 5.56 Å². The monoisotopic (exact) mass is 396 g/mol. The van der Waals surface area contributed by atoms with Crippen molar-refractivity contribution in [2.75, 3.05) is 6.61 Å². The van der Waals surface area contributed by atoms with Crippen molar-refractivity contribution in [3.63, 3.8) is 0 Å². The molecule has 0 radical (unpaired) electrons. The Balaban J connectivity index is 2.06. The lowest BCUT2D eigenvalue weighted by Crippen LogP contribution is -2.36. The van der Waals surface area contributed by atoms with Crippen LogP contribution in [0.3, 0.4) is 0 Å². The zero-order valence-corrected chi connectivity index (χ0v) is 15.0. The van der Waals surface area contributed by atoms with E-state index in [4.69, 9.17) is 25.8 Å². The zero-order chi connectivity index (χ0) is 20.8. The molecule has 0 amide bonds. The topological polar surface area (TPSA) is 202 Å². The summed E-state index contributed by atoms with van der Waals surface area (Å²) in [7, 11) is 0. The molecule has 1 aromatic heterocycles. The highest BCUT2D eigenvalue weighted by Gasteiger charge is 2.37. The molecular weight excluding hydrogens is 376 g/mol. The minimum atomic E-state index is -1.12. The number of aliphatic carboxylic acids is 1. The zero-order valence-electron chi connectivity index (χ0n) is 15.0. The number of azide groups is 1. The molecule has 28 heavy (non-hydrogen) atoms. The van der Waals surface area contributed by atoms with Gasteiger partial charge in [0.1, 0.15) is 25.0 Å². The number of hydrogen-bond donors (Lipinski definition) is 3. The molecule has 1 aliphatic heterocycles. The summed E-state index contributed by atoms with van der Waals surface area (Å²) in [4.78, 5) is 50.8. The summed E-state index contributed by atoms with van der Waals surface area (Å²) in [6.07, 6.45) is -0.584. The number of nitrogens with zero attached hydrogens (tertiary/aromatic N) is 4. The smallest absolute Gasteiger partial charge is 0.330 e. The van der Waals surface area contributed by atoms with Crippen LogP contribution in [-0.4, -0.2) is 51.4 Å². The van der Waals surface area contributed by atoms with Gasteiger partial charge in [-0.1, -0.05) is 5.11 Å². The second kappa shape index (κ2) is 9.17. The van der Waals surface area contributed by atoms with Gasteiger partial charge in [0.15, 0.2) is 0 Å². The maximum Gasteiger partial charge on any atom is 0.330 e.